The highest BCUT2D eigenvalue weighted by molar-refractivity contribution is 5.81. The second-order valence-corrected chi connectivity index (χ2v) is 5.43. The predicted molar refractivity (Wildman–Crippen MR) is 77.5 cm³/mol. The lowest BCUT2D eigenvalue weighted by Gasteiger charge is -2.23. The predicted octanol–water partition coefficient (Wildman–Crippen LogP) is 2.80. The molecule has 2 heterocycles. The van der Waals surface area contributed by atoms with Gasteiger partial charge in [0.05, 0.1) is 36.4 Å². The molecule has 5 nitrogen and oxygen atoms in total. The molecule has 1 atom stereocenters. The molecule has 0 aliphatic carbocycles. The second-order valence-electron chi connectivity index (χ2n) is 5.43. The SMILES string of the molecule is [C-]#[N+]/C=C1\N2c3ccc(OC)cc3N(C)C2OC1(C)C. The Morgan fingerprint density at radius 1 is 1.40 bits per heavy atom. The average Bonchev–Trinajstić information content (AvgIpc) is 2.83. The van der Waals surface area contributed by atoms with Gasteiger partial charge in [0.15, 0.2) is 6.20 Å². The normalized spacial score (nSPS) is 24.6. The number of anilines is 2. The van der Waals surface area contributed by atoms with Crippen molar-refractivity contribution in [3.8, 4) is 5.75 Å². The molecule has 2 aliphatic heterocycles. The van der Waals surface area contributed by atoms with Crippen molar-refractivity contribution in [3.63, 3.8) is 0 Å². The minimum Gasteiger partial charge on any atom is -0.497 e. The van der Waals surface area contributed by atoms with E-state index >= 15 is 0 Å². The van der Waals surface area contributed by atoms with E-state index in [9.17, 15) is 0 Å². The molecule has 1 unspecified atom stereocenters. The highest BCUT2D eigenvalue weighted by atomic mass is 16.6. The highest BCUT2D eigenvalue weighted by Crippen LogP contribution is 2.50. The van der Waals surface area contributed by atoms with E-state index < -0.39 is 5.60 Å². The molecule has 0 spiro atoms. The number of hydrogen-bond donors (Lipinski definition) is 0. The average molecular weight is 271 g/mol. The fraction of sp³-hybridized carbons (Fsp3) is 0.400. The van der Waals surface area contributed by atoms with Crippen molar-refractivity contribution in [2.75, 3.05) is 24.0 Å². The maximum absolute atomic E-state index is 7.13. The quantitative estimate of drug-likeness (QED) is 0.735. The van der Waals surface area contributed by atoms with Crippen LogP contribution in [-0.4, -0.2) is 26.1 Å². The molecule has 1 fully saturated rings. The van der Waals surface area contributed by atoms with Crippen LogP contribution < -0.4 is 14.5 Å². The monoisotopic (exact) mass is 271 g/mol. The van der Waals surface area contributed by atoms with Gasteiger partial charge in [-0.05, 0) is 26.0 Å². The summed E-state index contributed by atoms with van der Waals surface area (Å²) in [5.74, 6) is 0.812. The minimum absolute atomic E-state index is 0.208. The number of benzene rings is 1. The van der Waals surface area contributed by atoms with Gasteiger partial charge in [0.25, 0.3) is 0 Å². The van der Waals surface area contributed by atoms with Crippen LogP contribution in [0.15, 0.2) is 30.1 Å². The van der Waals surface area contributed by atoms with Crippen LogP contribution in [0.1, 0.15) is 13.8 Å². The Bertz CT molecular complexity index is 630. The van der Waals surface area contributed by atoms with Gasteiger partial charge in [-0.25, -0.2) is 4.85 Å². The summed E-state index contributed by atoms with van der Waals surface area (Å²) in [6.45, 7) is 11.1. The number of ether oxygens (including phenoxy) is 2. The zero-order valence-corrected chi connectivity index (χ0v) is 12.0. The van der Waals surface area contributed by atoms with Crippen molar-refractivity contribution < 1.29 is 9.47 Å². The van der Waals surface area contributed by atoms with Crippen LogP contribution in [0.3, 0.4) is 0 Å². The second kappa shape index (κ2) is 4.15. The van der Waals surface area contributed by atoms with Gasteiger partial charge in [-0.3, -0.25) is 0 Å². The highest BCUT2D eigenvalue weighted by Gasteiger charge is 2.49. The van der Waals surface area contributed by atoms with E-state index in [0.29, 0.717) is 0 Å². The molecular formula is C15H17N3O2. The molecule has 0 bridgehead atoms. The molecule has 5 heteroatoms. The smallest absolute Gasteiger partial charge is 0.214 e. The van der Waals surface area contributed by atoms with Crippen LogP contribution in [0.2, 0.25) is 0 Å². The van der Waals surface area contributed by atoms with E-state index in [4.69, 9.17) is 16.0 Å². The summed E-state index contributed by atoms with van der Waals surface area (Å²) < 4.78 is 11.4. The van der Waals surface area contributed by atoms with Gasteiger partial charge in [-0.1, -0.05) is 0 Å². The fourth-order valence-corrected chi connectivity index (χ4v) is 2.80. The number of hydrogen-bond acceptors (Lipinski definition) is 4. The van der Waals surface area contributed by atoms with E-state index in [2.05, 4.69) is 14.6 Å². The Labute approximate surface area is 118 Å². The Balaban J connectivity index is 2.14. The van der Waals surface area contributed by atoms with Crippen molar-refractivity contribution in [2.45, 2.75) is 25.8 Å². The first-order valence-corrected chi connectivity index (χ1v) is 6.45. The van der Waals surface area contributed by atoms with Crippen molar-refractivity contribution >= 4 is 11.4 Å². The van der Waals surface area contributed by atoms with Crippen LogP contribution in [0.5, 0.6) is 5.75 Å². The molecule has 3 rings (SSSR count). The van der Waals surface area contributed by atoms with Crippen LogP contribution in [0, 0.1) is 6.57 Å². The van der Waals surface area contributed by atoms with Gasteiger partial charge in [-0.2, -0.15) is 0 Å². The lowest BCUT2D eigenvalue weighted by atomic mass is 10.1. The van der Waals surface area contributed by atoms with Gasteiger partial charge in [-0.15, -0.1) is 0 Å². The topological polar surface area (TPSA) is 29.3 Å². The first-order chi connectivity index (χ1) is 9.49. The molecule has 0 amide bonds. The largest absolute Gasteiger partial charge is 0.497 e. The van der Waals surface area contributed by atoms with Gasteiger partial charge in [0, 0.05) is 13.1 Å². The molecule has 0 N–H and O–H groups in total. The first-order valence-electron chi connectivity index (χ1n) is 6.45. The molecule has 20 heavy (non-hydrogen) atoms. The Kier molecular flexibility index (Phi) is 2.66. The summed E-state index contributed by atoms with van der Waals surface area (Å²) in [6.07, 6.45) is 1.34. The summed E-state index contributed by atoms with van der Waals surface area (Å²) >= 11 is 0. The van der Waals surface area contributed by atoms with Crippen LogP contribution in [0.25, 0.3) is 4.85 Å². The number of fused-ring (bicyclic) bond motifs is 3. The zero-order valence-electron chi connectivity index (χ0n) is 12.0. The summed E-state index contributed by atoms with van der Waals surface area (Å²) in [7, 11) is 3.64. The van der Waals surface area contributed by atoms with Gasteiger partial charge >= 0.3 is 0 Å². The summed E-state index contributed by atoms with van der Waals surface area (Å²) in [6, 6.07) is 5.92. The van der Waals surface area contributed by atoms with Crippen molar-refractivity contribution in [1.82, 2.24) is 0 Å². The van der Waals surface area contributed by atoms with E-state index in [1.807, 2.05) is 39.1 Å². The molecule has 2 aliphatic rings. The minimum atomic E-state index is -0.471. The van der Waals surface area contributed by atoms with Gasteiger partial charge in [0.2, 0.25) is 6.35 Å². The van der Waals surface area contributed by atoms with E-state index in [-0.39, 0.29) is 6.35 Å². The third-order valence-electron chi connectivity index (χ3n) is 3.84. The van der Waals surface area contributed by atoms with Gasteiger partial charge < -0.3 is 19.3 Å². The molecule has 0 aromatic heterocycles. The summed E-state index contributed by atoms with van der Waals surface area (Å²) in [4.78, 5) is 7.56. The number of methoxy groups -OCH3 is 1. The molecule has 0 radical (unpaired) electrons. The van der Waals surface area contributed by atoms with Crippen molar-refractivity contribution in [3.05, 3.63) is 41.5 Å². The van der Waals surface area contributed by atoms with Crippen molar-refractivity contribution in [1.29, 1.82) is 0 Å². The molecule has 104 valence electrons. The number of nitrogens with zero attached hydrogens (tertiary/aromatic N) is 3. The van der Waals surface area contributed by atoms with Crippen LogP contribution >= 0.6 is 0 Å². The molecular weight excluding hydrogens is 254 g/mol. The summed E-state index contributed by atoms with van der Waals surface area (Å²) in [5, 5.41) is 0. The zero-order chi connectivity index (χ0) is 14.5. The lowest BCUT2D eigenvalue weighted by Crippen LogP contribution is -2.36. The standard InChI is InChI=1S/C15H17N3O2/c1-15(2)13(9-16-3)18-11-7-6-10(19-5)8-12(11)17(4)14(18)20-15/h6-9,14H,1-2,4-5H3/b13-9-. The molecule has 1 saturated heterocycles. The lowest BCUT2D eigenvalue weighted by molar-refractivity contribution is 0.000573. The molecule has 0 saturated carbocycles. The Hall–Kier alpha value is -2.19. The van der Waals surface area contributed by atoms with E-state index in [1.54, 1.807) is 13.3 Å². The Morgan fingerprint density at radius 2 is 2.15 bits per heavy atom. The molecule has 1 aromatic carbocycles. The van der Waals surface area contributed by atoms with Crippen LogP contribution in [0.4, 0.5) is 11.4 Å². The fourth-order valence-electron chi connectivity index (χ4n) is 2.80. The van der Waals surface area contributed by atoms with Crippen LogP contribution in [-0.2, 0) is 4.74 Å². The number of rotatable bonds is 1. The van der Waals surface area contributed by atoms with Crippen molar-refractivity contribution in [2.24, 2.45) is 0 Å². The Morgan fingerprint density at radius 3 is 2.80 bits per heavy atom. The third-order valence-corrected chi connectivity index (χ3v) is 3.84. The first kappa shape index (κ1) is 12.8. The van der Waals surface area contributed by atoms with E-state index in [0.717, 1.165) is 22.8 Å². The maximum atomic E-state index is 7.13. The third kappa shape index (κ3) is 1.58. The summed E-state index contributed by atoms with van der Waals surface area (Å²) in [5.41, 5.74) is 2.49. The van der Waals surface area contributed by atoms with Gasteiger partial charge in [0.1, 0.15) is 5.75 Å². The van der Waals surface area contributed by atoms with E-state index in [1.165, 1.54) is 0 Å². The molecule has 1 aromatic rings. The maximum Gasteiger partial charge on any atom is 0.214 e.